The van der Waals surface area contributed by atoms with Crippen LogP contribution in [0.5, 0.6) is 0 Å². The Balaban J connectivity index is 1.50. The van der Waals surface area contributed by atoms with Crippen LogP contribution in [0, 0.1) is 0 Å². The van der Waals surface area contributed by atoms with Gasteiger partial charge in [-0.3, -0.25) is 30.0 Å². The minimum atomic E-state index is -0.585. The number of fused-ring (bicyclic) bond motifs is 1. The van der Waals surface area contributed by atoms with Crippen LogP contribution in [-0.2, 0) is 20.9 Å². The molecule has 0 aliphatic carbocycles. The highest BCUT2D eigenvalue weighted by atomic mass is 32.2. The Morgan fingerprint density at radius 3 is 2.58 bits per heavy atom. The van der Waals surface area contributed by atoms with Crippen LogP contribution >= 0.6 is 11.8 Å². The zero-order valence-corrected chi connectivity index (χ0v) is 14.4. The Labute approximate surface area is 152 Å². The average Bonchev–Trinajstić information content (AvgIpc) is 2.62. The first-order chi connectivity index (χ1) is 12.5. The number of nitrogens with one attached hydrogen (secondary N) is 3. The third-order valence-electron chi connectivity index (χ3n) is 3.63. The molecule has 2 aromatic rings. The number of carbonyl (C=O) groups excluding carboxylic acids is 3. The summed E-state index contributed by atoms with van der Waals surface area (Å²) >= 11 is 1.30. The lowest BCUT2D eigenvalue weighted by Crippen LogP contribution is -2.45. The molecule has 8 nitrogen and oxygen atoms in total. The molecule has 0 radical (unpaired) electrons. The predicted molar refractivity (Wildman–Crippen MR) is 96.3 cm³/mol. The zero-order chi connectivity index (χ0) is 18.5. The molecule has 9 heteroatoms. The third-order valence-corrected chi connectivity index (χ3v) is 4.91. The van der Waals surface area contributed by atoms with Gasteiger partial charge in [0.15, 0.2) is 0 Å². The Morgan fingerprint density at radius 1 is 1.04 bits per heavy atom. The van der Waals surface area contributed by atoms with Gasteiger partial charge in [-0.05, 0) is 18.2 Å². The molecule has 0 spiro atoms. The number of nitrogens with zero attached hydrogens (tertiary/aromatic N) is 1. The number of thioether (sulfide) groups is 1. The van der Waals surface area contributed by atoms with Crippen molar-refractivity contribution < 1.29 is 14.4 Å². The van der Waals surface area contributed by atoms with Gasteiger partial charge in [-0.25, -0.2) is 0 Å². The van der Waals surface area contributed by atoms with E-state index in [-0.39, 0.29) is 24.4 Å². The topological polar surface area (TPSA) is 109 Å². The number of rotatable bonds is 4. The number of aromatic nitrogens is 1. The lowest BCUT2D eigenvalue weighted by molar-refractivity contribution is -0.129. The highest BCUT2D eigenvalue weighted by Gasteiger charge is 2.28. The molecule has 1 aliphatic heterocycles. The van der Waals surface area contributed by atoms with E-state index in [0.29, 0.717) is 0 Å². The molecule has 1 atom stereocenters. The molecule has 0 bridgehead atoms. The lowest BCUT2D eigenvalue weighted by Gasteiger charge is -2.23. The lowest BCUT2D eigenvalue weighted by atomic mass is 10.2. The Bertz CT molecular complexity index is 911. The second-order valence-corrected chi connectivity index (χ2v) is 6.80. The van der Waals surface area contributed by atoms with E-state index in [4.69, 9.17) is 0 Å². The summed E-state index contributed by atoms with van der Waals surface area (Å²) in [5, 5.41) is 2.17. The molecule has 2 heterocycles. The third kappa shape index (κ3) is 4.31. The summed E-state index contributed by atoms with van der Waals surface area (Å²) in [5.74, 6) is -1.30. The van der Waals surface area contributed by atoms with Gasteiger partial charge in [0.05, 0.1) is 10.9 Å². The van der Waals surface area contributed by atoms with Gasteiger partial charge in [0, 0.05) is 23.6 Å². The molecule has 1 aromatic heterocycles. The Hall–Kier alpha value is -3.07. The molecule has 3 rings (SSSR count). The van der Waals surface area contributed by atoms with E-state index in [2.05, 4.69) is 16.2 Å². The van der Waals surface area contributed by atoms with Crippen molar-refractivity contribution >= 4 is 35.2 Å². The van der Waals surface area contributed by atoms with Gasteiger partial charge in [0.2, 0.25) is 11.8 Å². The molecule has 3 N–H and O–H groups in total. The summed E-state index contributed by atoms with van der Waals surface area (Å²) in [6, 6.07) is 11.9. The van der Waals surface area contributed by atoms with E-state index in [0.717, 1.165) is 10.6 Å². The first kappa shape index (κ1) is 17.7. The molecule has 1 aliphatic rings. The molecule has 0 unspecified atom stereocenters. The summed E-state index contributed by atoms with van der Waals surface area (Å²) in [7, 11) is 0. The number of amides is 3. The normalized spacial score (nSPS) is 15.5. The van der Waals surface area contributed by atoms with E-state index in [1.807, 2.05) is 18.2 Å². The van der Waals surface area contributed by atoms with Crippen molar-refractivity contribution in [2.24, 2.45) is 0 Å². The second kappa shape index (κ2) is 7.87. The molecule has 3 amide bonds. The number of hydrogen-bond acceptors (Lipinski definition) is 5. The summed E-state index contributed by atoms with van der Waals surface area (Å²) in [4.78, 5) is 48.3. The van der Waals surface area contributed by atoms with E-state index >= 15 is 0 Å². The maximum Gasteiger partial charge on any atom is 0.258 e. The van der Waals surface area contributed by atoms with Gasteiger partial charge in [0.25, 0.3) is 11.5 Å². The van der Waals surface area contributed by atoms with E-state index in [1.165, 1.54) is 28.6 Å². The summed E-state index contributed by atoms with van der Waals surface area (Å²) in [5.41, 5.74) is 4.92. The highest BCUT2D eigenvalue weighted by molar-refractivity contribution is 8.01. The molecule has 134 valence electrons. The number of pyridine rings is 1. The van der Waals surface area contributed by atoms with Gasteiger partial charge in [-0.2, -0.15) is 0 Å². The number of para-hydroxylation sites is 1. The largest absolute Gasteiger partial charge is 0.324 e. The van der Waals surface area contributed by atoms with Gasteiger partial charge >= 0.3 is 0 Å². The Kier molecular flexibility index (Phi) is 5.37. The van der Waals surface area contributed by atoms with Crippen LogP contribution in [0.4, 0.5) is 5.69 Å². The molecule has 0 fully saturated rings. The number of carbonyl (C=O) groups is 3. The predicted octanol–water partition coefficient (Wildman–Crippen LogP) is 0.499. The molecule has 26 heavy (non-hydrogen) atoms. The minimum Gasteiger partial charge on any atom is -0.324 e. The van der Waals surface area contributed by atoms with Crippen molar-refractivity contribution in [2.75, 3.05) is 5.32 Å². The van der Waals surface area contributed by atoms with Crippen molar-refractivity contribution in [1.82, 2.24) is 15.4 Å². The summed E-state index contributed by atoms with van der Waals surface area (Å²) in [6.45, 7) is -0.216. The maximum atomic E-state index is 12.1. The smallest absolute Gasteiger partial charge is 0.258 e. The van der Waals surface area contributed by atoms with Crippen molar-refractivity contribution in [2.45, 2.75) is 23.1 Å². The molecule has 1 aromatic carbocycles. The molecule has 0 saturated heterocycles. The van der Waals surface area contributed by atoms with Gasteiger partial charge in [0.1, 0.15) is 6.54 Å². The first-order valence-electron chi connectivity index (χ1n) is 7.82. The quantitative estimate of drug-likeness (QED) is 0.677. The fraction of sp³-hybridized carbons (Fsp3) is 0.176. The fourth-order valence-electron chi connectivity index (χ4n) is 2.37. The molecule has 0 saturated carbocycles. The minimum absolute atomic E-state index is 0.0869. The van der Waals surface area contributed by atoms with Crippen molar-refractivity contribution in [3.05, 3.63) is 59.0 Å². The van der Waals surface area contributed by atoms with Crippen molar-refractivity contribution in [3.63, 3.8) is 0 Å². The van der Waals surface area contributed by atoms with Gasteiger partial charge < -0.3 is 9.88 Å². The first-order valence-corrected chi connectivity index (χ1v) is 8.70. The van der Waals surface area contributed by atoms with Crippen molar-refractivity contribution in [3.8, 4) is 0 Å². The van der Waals surface area contributed by atoms with Crippen LogP contribution in [0.25, 0.3) is 0 Å². The SMILES string of the molecule is O=C(C[C@@H]1Sc2ccccc2NC1=O)NNC(=O)Cn1ccccc1=O. The summed E-state index contributed by atoms with van der Waals surface area (Å²) < 4.78 is 1.21. The fourth-order valence-corrected chi connectivity index (χ4v) is 3.48. The van der Waals surface area contributed by atoms with Crippen LogP contribution in [0.3, 0.4) is 0 Å². The molecular formula is C17H16N4O4S. The maximum absolute atomic E-state index is 12.1. The van der Waals surface area contributed by atoms with Crippen molar-refractivity contribution in [1.29, 1.82) is 0 Å². The van der Waals surface area contributed by atoms with Crippen LogP contribution in [0.2, 0.25) is 0 Å². The highest BCUT2D eigenvalue weighted by Crippen LogP contribution is 2.36. The zero-order valence-electron chi connectivity index (χ0n) is 13.6. The number of hydrazine groups is 1. The van der Waals surface area contributed by atoms with E-state index in [1.54, 1.807) is 18.2 Å². The molecular weight excluding hydrogens is 356 g/mol. The Morgan fingerprint density at radius 2 is 1.77 bits per heavy atom. The van der Waals surface area contributed by atoms with Gasteiger partial charge in [-0.1, -0.05) is 18.2 Å². The van der Waals surface area contributed by atoms with E-state index in [9.17, 15) is 19.2 Å². The number of hydrogen-bond donors (Lipinski definition) is 3. The van der Waals surface area contributed by atoms with Crippen LogP contribution in [-0.4, -0.2) is 27.5 Å². The van der Waals surface area contributed by atoms with Crippen LogP contribution in [0.1, 0.15) is 6.42 Å². The van der Waals surface area contributed by atoms with Crippen LogP contribution in [0.15, 0.2) is 58.4 Å². The van der Waals surface area contributed by atoms with Crippen LogP contribution < -0.4 is 21.7 Å². The average molecular weight is 372 g/mol. The number of anilines is 1. The summed E-state index contributed by atoms with van der Waals surface area (Å²) in [6.07, 6.45) is 1.39. The van der Waals surface area contributed by atoms with Gasteiger partial charge in [-0.15, -0.1) is 11.8 Å². The van der Waals surface area contributed by atoms with E-state index < -0.39 is 17.1 Å². The second-order valence-electron chi connectivity index (χ2n) is 5.56. The number of benzene rings is 1. The monoisotopic (exact) mass is 372 g/mol. The standard InChI is InChI=1S/C17H16N4O4S/c22-14(19-20-15(23)10-21-8-4-3-7-16(21)24)9-13-17(25)18-11-5-1-2-6-12(11)26-13/h1-8,13H,9-10H2,(H,18,25)(H,19,22)(H,20,23)/t13-/m0/s1.